The van der Waals surface area contributed by atoms with Gasteiger partial charge in [0.05, 0.1) is 27.6 Å². The van der Waals surface area contributed by atoms with Crippen molar-refractivity contribution in [2.45, 2.75) is 31.9 Å². The molecule has 4 rings (SSSR count). The van der Waals surface area contributed by atoms with Crippen LogP contribution in [0, 0.1) is 0 Å². The summed E-state index contributed by atoms with van der Waals surface area (Å²) in [7, 11) is 0. The summed E-state index contributed by atoms with van der Waals surface area (Å²) in [5.74, 6) is -1.20. The Kier molecular flexibility index (Phi) is 5.15. The molecular formula is C21H20ClN3O4. The van der Waals surface area contributed by atoms with Gasteiger partial charge < -0.3 is 20.3 Å². The Morgan fingerprint density at radius 2 is 2.07 bits per heavy atom. The van der Waals surface area contributed by atoms with Crippen LogP contribution in [0.15, 0.2) is 42.5 Å². The van der Waals surface area contributed by atoms with Gasteiger partial charge in [-0.15, -0.1) is 0 Å². The van der Waals surface area contributed by atoms with Crippen molar-refractivity contribution in [1.82, 2.24) is 0 Å². The standard InChI is InChI=1S/C21H20ClN3O4/c1-12(19(26)23-15-6-3-2-5-14(15)22)29-21(28)13-8-9-17-16(11-13)24-20(27)18-7-4-10-25(17)18/h2-3,5-6,8-9,11-12,18H,4,7,10H2,1H3,(H,23,26)(H,24,27)/t12-,18-/m1/s1. The van der Waals surface area contributed by atoms with Crippen LogP contribution in [0.3, 0.4) is 0 Å². The molecule has 0 aromatic heterocycles. The van der Waals surface area contributed by atoms with Gasteiger partial charge in [0.1, 0.15) is 6.04 Å². The summed E-state index contributed by atoms with van der Waals surface area (Å²) in [6.45, 7) is 2.30. The molecule has 2 N–H and O–H groups in total. The fourth-order valence-corrected chi connectivity index (χ4v) is 3.82. The van der Waals surface area contributed by atoms with Crippen molar-refractivity contribution in [3.63, 3.8) is 0 Å². The van der Waals surface area contributed by atoms with E-state index < -0.39 is 18.0 Å². The molecule has 0 radical (unpaired) electrons. The normalized spacial score (nSPS) is 18.3. The molecule has 0 saturated carbocycles. The zero-order valence-electron chi connectivity index (χ0n) is 15.8. The van der Waals surface area contributed by atoms with E-state index in [4.69, 9.17) is 16.3 Å². The molecule has 0 unspecified atom stereocenters. The van der Waals surface area contributed by atoms with Gasteiger partial charge in [-0.05, 0) is 50.1 Å². The van der Waals surface area contributed by atoms with Gasteiger partial charge >= 0.3 is 5.97 Å². The molecule has 2 aliphatic heterocycles. The smallest absolute Gasteiger partial charge is 0.338 e. The predicted octanol–water partition coefficient (Wildman–Crippen LogP) is 3.44. The lowest BCUT2D eigenvalue weighted by Crippen LogP contribution is -2.43. The fourth-order valence-electron chi connectivity index (χ4n) is 3.64. The lowest BCUT2D eigenvalue weighted by Gasteiger charge is -2.33. The minimum Gasteiger partial charge on any atom is -0.449 e. The van der Waals surface area contributed by atoms with Gasteiger partial charge in [0.25, 0.3) is 5.91 Å². The molecule has 8 heteroatoms. The van der Waals surface area contributed by atoms with E-state index in [1.54, 1.807) is 42.5 Å². The van der Waals surface area contributed by atoms with Gasteiger partial charge in [0, 0.05) is 6.54 Å². The predicted molar refractivity (Wildman–Crippen MR) is 110 cm³/mol. The molecule has 2 atom stereocenters. The molecule has 2 aromatic carbocycles. The Labute approximate surface area is 173 Å². The number of nitrogens with zero attached hydrogens (tertiary/aromatic N) is 1. The first-order chi connectivity index (χ1) is 13.9. The highest BCUT2D eigenvalue weighted by Gasteiger charge is 2.36. The Hall–Kier alpha value is -3.06. The zero-order chi connectivity index (χ0) is 20.5. The number of halogens is 1. The third-order valence-corrected chi connectivity index (χ3v) is 5.47. The number of amides is 2. The van der Waals surface area contributed by atoms with Crippen LogP contribution in [0.5, 0.6) is 0 Å². The Morgan fingerprint density at radius 1 is 1.28 bits per heavy atom. The van der Waals surface area contributed by atoms with Gasteiger partial charge in [-0.1, -0.05) is 23.7 Å². The first kappa shape index (κ1) is 19.3. The van der Waals surface area contributed by atoms with E-state index in [1.165, 1.54) is 6.92 Å². The number of para-hydroxylation sites is 1. The minimum absolute atomic E-state index is 0.0620. The number of carbonyl (C=O) groups is 3. The van der Waals surface area contributed by atoms with E-state index in [2.05, 4.69) is 15.5 Å². The number of hydrogen-bond donors (Lipinski definition) is 2. The maximum atomic E-state index is 12.5. The molecule has 1 fully saturated rings. The summed E-state index contributed by atoms with van der Waals surface area (Å²) in [4.78, 5) is 39.2. The van der Waals surface area contributed by atoms with E-state index >= 15 is 0 Å². The average Bonchev–Trinajstić information content (AvgIpc) is 3.20. The summed E-state index contributed by atoms with van der Waals surface area (Å²) >= 11 is 6.03. The first-order valence-corrected chi connectivity index (χ1v) is 9.80. The fraction of sp³-hybridized carbons (Fsp3) is 0.286. The van der Waals surface area contributed by atoms with Crippen LogP contribution in [-0.2, 0) is 14.3 Å². The highest BCUT2D eigenvalue weighted by atomic mass is 35.5. The van der Waals surface area contributed by atoms with Gasteiger partial charge in [-0.2, -0.15) is 0 Å². The van der Waals surface area contributed by atoms with Crippen LogP contribution in [0.1, 0.15) is 30.1 Å². The quantitative estimate of drug-likeness (QED) is 0.749. The number of rotatable bonds is 4. The molecule has 0 spiro atoms. The Bertz CT molecular complexity index is 994. The summed E-state index contributed by atoms with van der Waals surface area (Å²) in [5, 5.41) is 5.89. The second kappa shape index (κ2) is 7.75. The van der Waals surface area contributed by atoms with Crippen molar-refractivity contribution in [3.8, 4) is 0 Å². The van der Waals surface area contributed by atoms with Crippen molar-refractivity contribution in [1.29, 1.82) is 0 Å². The molecule has 29 heavy (non-hydrogen) atoms. The number of fused-ring (bicyclic) bond motifs is 3. The number of anilines is 3. The molecular weight excluding hydrogens is 394 g/mol. The highest BCUT2D eigenvalue weighted by Crippen LogP contribution is 2.37. The first-order valence-electron chi connectivity index (χ1n) is 9.42. The Balaban J connectivity index is 1.45. The van der Waals surface area contributed by atoms with Crippen LogP contribution in [0.4, 0.5) is 17.1 Å². The van der Waals surface area contributed by atoms with Crippen LogP contribution in [0.25, 0.3) is 0 Å². The number of benzene rings is 2. The molecule has 0 aliphatic carbocycles. The van der Waals surface area contributed by atoms with Gasteiger partial charge in [-0.25, -0.2) is 4.79 Å². The third-order valence-electron chi connectivity index (χ3n) is 5.14. The van der Waals surface area contributed by atoms with Gasteiger partial charge in [-0.3, -0.25) is 9.59 Å². The van der Waals surface area contributed by atoms with E-state index in [0.717, 1.165) is 25.1 Å². The van der Waals surface area contributed by atoms with Crippen molar-refractivity contribution in [2.75, 3.05) is 22.1 Å². The molecule has 2 aromatic rings. The van der Waals surface area contributed by atoms with Crippen molar-refractivity contribution >= 4 is 46.4 Å². The number of nitrogens with one attached hydrogen (secondary N) is 2. The number of ether oxygens (including phenoxy) is 1. The van der Waals surface area contributed by atoms with Crippen LogP contribution in [0.2, 0.25) is 5.02 Å². The molecule has 7 nitrogen and oxygen atoms in total. The van der Waals surface area contributed by atoms with Gasteiger partial charge in [0.2, 0.25) is 5.91 Å². The molecule has 150 valence electrons. The van der Waals surface area contributed by atoms with Crippen LogP contribution in [-0.4, -0.2) is 36.5 Å². The highest BCUT2D eigenvalue weighted by molar-refractivity contribution is 6.33. The number of esters is 1. The third kappa shape index (κ3) is 3.78. The largest absolute Gasteiger partial charge is 0.449 e. The van der Waals surface area contributed by atoms with Crippen molar-refractivity contribution < 1.29 is 19.1 Å². The summed E-state index contributed by atoms with van der Waals surface area (Å²) in [6, 6.07) is 11.7. The summed E-state index contributed by atoms with van der Waals surface area (Å²) in [6.07, 6.45) is 0.763. The molecule has 1 saturated heterocycles. The van der Waals surface area contributed by atoms with E-state index in [1.807, 2.05) is 0 Å². The lowest BCUT2D eigenvalue weighted by molar-refractivity contribution is -0.123. The van der Waals surface area contributed by atoms with Crippen LogP contribution < -0.4 is 15.5 Å². The molecule has 0 bridgehead atoms. The summed E-state index contributed by atoms with van der Waals surface area (Å²) < 4.78 is 5.29. The van der Waals surface area contributed by atoms with Gasteiger partial charge in [0.15, 0.2) is 6.10 Å². The maximum Gasteiger partial charge on any atom is 0.338 e. The van der Waals surface area contributed by atoms with E-state index in [9.17, 15) is 14.4 Å². The molecule has 2 heterocycles. The number of hydrogen-bond acceptors (Lipinski definition) is 5. The SMILES string of the molecule is C[C@@H](OC(=O)c1ccc2c(c1)NC(=O)[C@H]1CCCN21)C(=O)Nc1ccccc1Cl. The van der Waals surface area contributed by atoms with Crippen LogP contribution >= 0.6 is 11.6 Å². The Morgan fingerprint density at radius 3 is 2.86 bits per heavy atom. The molecule has 2 amide bonds. The topological polar surface area (TPSA) is 87.7 Å². The molecule has 2 aliphatic rings. The second-order valence-electron chi connectivity index (χ2n) is 7.09. The summed E-state index contributed by atoms with van der Waals surface area (Å²) in [5.41, 5.74) is 2.18. The maximum absolute atomic E-state index is 12.5. The van der Waals surface area contributed by atoms with E-state index in [0.29, 0.717) is 16.4 Å². The lowest BCUT2D eigenvalue weighted by atomic mass is 10.1. The van der Waals surface area contributed by atoms with Crippen molar-refractivity contribution in [2.24, 2.45) is 0 Å². The second-order valence-corrected chi connectivity index (χ2v) is 7.50. The number of carbonyl (C=O) groups excluding carboxylic acids is 3. The van der Waals surface area contributed by atoms with E-state index in [-0.39, 0.29) is 17.5 Å². The average molecular weight is 414 g/mol. The monoisotopic (exact) mass is 413 g/mol. The van der Waals surface area contributed by atoms with Crippen molar-refractivity contribution in [3.05, 3.63) is 53.1 Å². The minimum atomic E-state index is -1.02. The zero-order valence-corrected chi connectivity index (χ0v) is 16.5.